The fraction of sp³-hybridized carbons (Fsp3) is 0.100. The summed E-state index contributed by atoms with van der Waals surface area (Å²) in [7, 11) is -3.49. The molecule has 0 saturated heterocycles. The zero-order chi connectivity index (χ0) is 17.5. The minimum absolute atomic E-state index is 0.215. The van der Waals surface area contributed by atoms with Crippen molar-refractivity contribution in [1.82, 2.24) is 0 Å². The number of para-hydroxylation sites is 1. The van der Waals surface area contributed by atoms with Gasteiger partial charge in [-0.05, 0) is 48.4 Å². The molecule has 0 aliphatic carbocycles. The molecule has 25 heavy (non-hydrogen) atoms. The third-order valence-electron chi connectivity index (χ3n) is 3.63. The highest BCUT2D eigenvalue weighted by atomic mass is 31.2. The first-order valence-corrected chi connectivity index (χ1v) is 9.53. The summed E-state index contributed by atoms with van der Waals surface area (Å²) >= 11 is 0. The Hall–Kier alpha value is -2.55. The van der Waals surface area contributed by atoms with E-state index in [9.17, 15) is 9.67 Å². The molecule has 0 heterocycles. The Balaban J connectivity index is 1.74. The number of benzene rings is 3. The quantitative estimate of drug-likeness (QED) is 0.633. The van der Waals surface area contributed by atoms with E-state index >= 15 is 0 Å². The van der Waals surface area contributed by atoms with E-state index in [1.165, 1.54) is 0 Å². The zero-order valence-corrected chi connectivity index (χ0v) is 14.5. The summed E-state index contributed by atoms with van der Waals surface area (Å²) in [6.07, 6.45) is 0.565. The van der Waals surface area contributed by atoms with Crippen molar-refractivity contribution in [2.24, 2.45) is 0 Å². The van der Waals surface area contributed by atoms with Crippen LogP contribution >= 0.6 is 7.60 Å². The van der Waals surface area contributed by atoms with Gasteiger partial charge in [0.25, 0.3) is 0 Å². The molecule has 0 saturated carbocycles. The first kappa shape index (κ1) is 17.3. The summed E-state index contributed by atoms with van der Waals surface area (Å²) in [5.41, 5.74) is 0.983. The highest BCUT2D eigenvalue weighted by Crippen LogP contribution is 2.47. The van der Waals surface area contributed by atoms with Crippen LogP contribution in [0.2, 0.25) is 0 Å². The molecule has 0 aromatic heterocycles. The van der Waals surface area contributed by atoms with Gasteiger partial charge in [-0.15, -0.1) is 0 Å². The second-order valence-electron chi connectivity index (χ2n) is 5.49. The molecule has 0 bridgehead atoms. The monoisotopic (exact) mass is 354 g/mol. The summed E-state index contributed by atoms with van der Waals surface area (Å²) in [5.74, 6) is 0.714. The van der Waals surface area contributed by atoms with Crippen LogP contribution in [0.5, 0.6) is 11.5 Å². The van der Waals surface area contributed by atoms with Crippen molar-refractivity contribution < 1.29 is 18.7 Å². The highest BCUT2D eigenvalue weighted by Gasteiger charge is 2.29. The van der Waals surface area contributed by atoms with Crippen molar-refractivity contribution in [2.75, 3.05) is 6.61 Å². The Morgan fingerprint density at radius 3 is 2.04 bits per heavy atom. The third kappa shape index (κ3) is 4.72. The molecule has 3 aromatic carbocycles. The van der Waals surface area contributed by atoms with Gasteiger partial charge in [0.05, 0.1) is 11.9 Å². The van der Waals surface area contributed by atoms with Crippen molar-refractivity contribution >= 4 is 12.9 Å². The van der Waals surface area contributed by atoms with Crippen LogP contribution in [-0.4, -0.2) is 11.7 Å². The van der Waals surface area contributed by atoms with Gasteiger partial charge in [-0.3, -0.25) is 4.52 Å². The van der Waals surface area contributed by atoms with E-state index < -0.39 is 7.60 Å². The van der Waals surface area contributed by atoms with Gasteiger partial charge < -0.3 is 9.63 Å². The predicted molar refractivity (Wildman–Crippen MR) is 98.5 cm³/mol. The maximum absolute atomic E-state index is 13.3. The van der Waals surface area contributed by atoms with Crippen molar-refractivity contribution in [3.63, 3.8) is 0 Å². The fourth-order valence-corrected chi connectivity index (χ4v) is 3.91. The molecule has 3 rings (SSSR count). The van der Waals surface area contributed by atoms with Crippen LogP contribution < -0.4 is 9.83 Å². The van der Waals surface area contributed by atoms with E-state index in [-0.39, 0.29) is 12.4 Å². The van der Waals surface area contributed by atoms with Gasteiger partial charge in [0.1, 0.15) is 11.5 Å². The van der Waals surface area contributed by atoms with Crippen LogP contribution in [-0.2, 0) is 15.5 Å². The number of hydrogen-bond donors (Lipinski definition) is 1. The topological polar surface area (TPSA) is 55.8 Å². The van der Waals surface area contributed by atoms with Crippen LogP contribution in [0.15, 0.2) is 84.9 Å². The molecule has 1 atom stereocenters. The summed E-state index contributed by atoms with van der Waals surface area (Å²) < 4.78 is 24.8. The van der Waals surface area contributed by atoms with Crippen molar-refractivity contribution in [1.29, 1.82) is 0 Å². The van der Waals surface area contributed by atoms with Crippen LogP contribution in [0, 0.1) is 0 Å². The lowest BCUT2D eigenvalue weighted by atomic mass is 10.2. The van der Waals surface area contributed by atoms with Gasteiger partial charge in [-0.25, -0.2) is 4.57 Å². The molecule has 1 unspecified atom stereocenters. The van der Waals surface area contributed by atoms with Crippen LogP contribution in [0.4, 0.5) is 0 Å². The second-order valence-corrected chi connectivity index (χ2v) is 7.44. The van der Waals surface area contributed by atoms with Gasteiger partial charge in [0, 0.05) is 0 Å². The summed E-state index contributed by atoms with van der Waals surface area (Å²) in [4.78, 5) is 0. The van der Waals surface area contributed by atoms with E-state index in [1.807, 2.05) is 36.4 Å². The maximum atomic E-state index is 13.3. The summed E-state index contributed by atoms with van der Waals surface area (Å²) in [6, 6.07) is 24.8. The van der Waals surface area contributed by atoms with Crippen LogP contribution in [0.1, 0.15) is 5.56 Å². The molecule has 128 valence electrons. The molecule has 0 fully saturated rings. The maximum Gasteiger partial charge on any atom is 0.410 e. The number of aromatic hydroxyl groups is 1. The minimum Gasteiger partial charge on any atom is -0.508 e. The zero-order valence-electron chi connectivity index (χ0n) is 13.6. The summed E-state index contributed by atoms with van der Waals surface area (Å²) in [5, 5.41) is 9.85. The Kier molecular flexibility index (Phi) is 5.54. The molecule has 0 radical (unpaired) electrons. The molecule has 3 aromatic rings. The van der Waals surface area contributed by atoms with Crippen molar-refractivity contribution in [3.05, 3.63) is 90.5 Å². The molecule has 0 aliphatic rings. The first-order chi connectivity index (χ1) is 12.2. The minimum atomic E-state index is -3.49. The average Bonchev–Trinajstić information content (AvgIpc) is 2.65. The molecular formula is C20H19O4P. The van der Waals surface area contributed by atoms with Crippen molar-refractivity contribution in [2.45, 2.75) is 6.42 Å². The highest BCUT2D eigenvalue weighted by molar-refractivity contribution is 7.62. The lowest BCUT2D eigenvalue weighted by Gasteiger charge is -2.19. The molecule has 0 spiro atoms. The second kappa shape index (κ2) is 8.02. The van der Waals surface area contributed by atoms with E-state index in [4.69, 9.17) is 9.05 Å². The smallest absolute Gasteiger partial charge is 0.410 e. The fourth-order valence-electron chi connectivity index (χ4n) is 2.33. The molecule has 0 aliphatic heterocycles. The van der Waals surface area contributed by atoms with E-state index in [1.54, 1.807) is 48.5 Å². The van der Waals surface area contributed by atoms with E-state index in [0.717, 1.165) is 5.56 Å². The van der Waals surface area contributed by atoms with Crippen LogP contribution in [0.25, 0.3) is 0 Å². The van der Waals surface area contributed by atoms with Gasteiger partial charge in [-0.1, -0.05) is 48.5 Å². The number of phenolic OH excluding ortho intramolecular Hbond substituents is 1. The SMILES string of the molecule is O=P(OCCc1ccc(O)cc1)(Oc1ccccc1)c1ccccc1. The van der Waals surface area contributed by atoms with E-state index in [0.29, 0.717) is 17.5 Å². The molecular weight excluding hydrogens is 335 g/mol. The average molecular weight is 354 g/mol. The number of rotatable bonds is 7. The molecule has 5 heteroatoms. The standard InChI is InChI=1S/C20H19O4P/c21-18-13-11-17(12-14-18)15-16-23-25(22,20-9-5-2-6-10-20)24-19-7-3-1-4-8-19/h1-14,21H,15-16H2. The number of hydrogen-bond acceptors (Lipinski definition) is 4. The lowest BCUT2D eigenvalue weighted by molar-refractivity contribution is 0.277. The normalized spacial score (nSPS) is 13.1. The Morgan fingerprint density at radius 1 is 0.800 bits per heavy atom. The largest absolute Gasteiger partial charge is 0.508 e. The van der Waals surface area contributed by atoms with Gasteiger partial charge in [0.15, 0.2) is 0 Å². The van der Waals surface area contributed by atoms with Gasteiger partial charge in [-0.2, -0.15) is 0 Å². The predicted octanol–water partition coefficient (Wildman–Crippen LogP) is 4.55. The molecule has 0 amide bonds. The lowest BCUT2D eigenvalue weighted by Crippen LogP contribution is -2.13. The van der Waals surface area contributed by atoms with Gasteiger partial charge >= 0.3 is 7.60 Å². The molecule has 1 N–H and O–H groups in total. The van der Waals surface area contributed by atoms with Gasteiger partial charge in [0.2, 0.25) is 0 Å². The summed E-state index contributed by atoms with van der Waals surface area (Å²) in [6.45, 7) is 0.240. The Labute approximate surface area is 147 Å². The van der Waals surface area contributed by atoms with E-state index in [2.05, 4.69) is 0 Å². The third-order valence-corrected chi connectivity index (χ3v) is 5.53. The first-order valence-electron chi connectivity index (χ1n) is 7.98. The molecule has 4 nitrogen and oxygen atoms in total. The number of phenols is 1. The Morgan fingerprint density at radius 2 is 1.40 bits per heavy atom. The van der Waals surface area contributed by atoms with Crippen LogP contribution in [0.3, 0.4) is 0 Å². The Bertz CT molecular complexity index is 833. The van der Waals surface area contributed by atoms with Crippen molar-refractivity contribution in [3.8, 4) is 11.5 Å².